The maximum atomic E-state index is 12.6. The van der Waals surface area contributed by atoms with Crippen LogP contribution in [0.5, 0.6) is 0 Å². The van der Waals surface area contributed by atoms with Crippen molar-refractivity contribution in [3.63, 3.8) is 0 Å². The molecule has 1 aromatic carbocycles. The number of nitrogens with one attached hydrogen (secondary N) is 1. The summed E-state index contributed by atoms with van der Waals surface area (Å²) in [7, 11) is 0. The number of rotatable bonds is 7. The van der Waals surface area contributed by atoms with E-state index >= 15 is 0 Å². The van der Waals surface area contributed by atoms with Crippen molar-refractivity contribution in [3.8, 4) is 0 Å². The van der Waals surface area contributed by atoms with Crippen LogP contribution in [0.15, 0.2) is 48.8 Å². The Balaban J connectivity index is 2.00. The van der Waals surface area contributed by atoms with E-state index in [0.717, 1.165) is 12.1 Å². The summed E-state index contributed by atoms with van der Waals surface area (Å²) in [4.78, 5) is 26.0. The van der Waals surface area contributed by atoms with Crippen molar-refractivity contribution in [2.75, 3.05) is 13.1 Å². The smallest absolute Gasteiger partial charge is 0.254 e. The van der Waals surface area contributed by atoms with Gasteiger partial charge in [0.15, 0.2) is 0 Å². The van der Waals surface area contributed by atoms with Gasteiger partial charge in [-0.1, -0.05) is 12.1 Å². The third kappa shape index (κ3) is 4.98. The zero-order chi connectivity index (χ0) is 17.5. The number of carbonyl (C=O) groups is 2. The minimum Gasteiger partial charge on any atom is -0.352 e. The quantitative estimate of drug-likeness (QED) is 0.849. The molecule has 2 rings (SSSR count). The Morgan fingerprint density at radius 2 is 1.75 bits per heavy atom. The van der Waals surface area contributed by atoms with Crippen LogP contribution in [0.2, 0.25) is 0 Å². The van der Waals surface area contributed by atoms with Crippen molar-refractivity contribution in [1.82, 2.24) is 14.8 Å². The lowest BCUT2D eigenvalue weighted by Gasteiger charge is -2.21. The molecule has 128 valence electrons. The van der Waals surface area contributed by atoms with Gasteiger partial charge < -0.3 is 14.8 Å². The summed E-state index contributed by atoms with van der Waals surface area (Å²) in [5.41, 5.74) is 1.73. The van der Waals surface area contributed by atoms with Crippen LogP contribution >= 0.6 is 0 Å². The summed E-state index contributed by atoms with van der Waals surface area (Å²) >= 11 is 0. The van der Waals surface area contributed by atoms with E-state index in [1.165, 1.54) is 0 Å². The lowest BCUT2D eigenvalue weighted by Crippen LogP contribution is -2.42. The molecule has 0 saturated heterocycles. The van der Waals surface area contributed by atoms with E-state index in [4.69, 9.17) is 0 Å². The van der Waals surface area contributed by atoms with E-state index in [1.807, 2.05) is 69.6 Å². The predicted octanol–water partition coefficient (Wildman–Crippen LogP) is 2.52. The molecule has 24 heavy (non-hydrogen) atoms. The topological polar surface area (TPSA) is 54.3 Å². The molecular weight excluding hydrogens is 302 g/mol. The maximum absolute atomic E-state index is 12.6. The second-order valence-corrected chi connectivity index (χ2v) is 6.09. The van der Waals surface area contributed by atoms with E-state index in [9.17, 15) is 9.59 Å². The van der Waals surface area contributed by atoms with Gasteiger partial charge in [0.2, 0.25) is 5.91 Å². The number of likely N-dealkylation sites (N-methyl/N-ethyl adjacent to an activating group) is 1. The molecule has 0 atom stereocenters. The Hall–Kier alpha value is -2.56. The van der Waals surface area contributed by atoms with E-state index in [-0.39, 0.29) is 24.4 Å². The molecular formula is C19H25N3O2. The molecule has 0 aliphatic rings. The minimum absolute atomic E-state index is 0.0688. The predicted molar refractivity (Wildman–Crippen MR) is 94.8 cm³/mol. The van der Waals surface area contributed by atoms with Crippen LogP contribution in [0.3, 0.4) is 0 Å². The van der Waals surface area contributed by atoms with E-state index in [1.54, 1.807) is 4.90 Å². The van der Waals surface area contributed by atoms with Crippen molar-refractivity contribution >= 4 is 11.8 Å². The van der Waals surface area contributed by atoms with Gasteiger partial charge in [-0.15, -0.1) is 0 Å². The summed E-state index contributed by atoms with van der Waals surface area (Å²) in [5, 5.41) is 2.81. The molecule has 0 aliphatic carbocycles. The number of aromatic nitrogens is 1. The fraction of sp³-hybridized carbons (Fsp3) is 0.368. The highest BCUT2D eigenvalue weighted by Crippen LogP contribution is 2.09. The third-order valence-corrected chi connectivity index (χ3v) is 3.69. The normalized spacial score (nSPS) is 10.7. The van der Waals surface area contributed by atoms with Crippen LogP contribution in [0.25, 0.3) is 0 Å². The highest BCUT2D eigenvalue weighted by Gasteiger charge is 2.17. The largest absolute Gasteiger partial charge is 0.352 e. The highest BCUT2D eigenvalue weighted by molar-refractivity contribution is 5.96. The number of nitrogens with zero attached hydrogens (tertiary/aromatic N) is 2. The summed E-state index contributed by atoms with van der Waals surface area (Å²) in [6.45, 7) is 7.03. The fourth-order valence-corrected chi connectivity index (χ4v) is 2.49. The van der Waals surface area contributed by atoms with Crippen molar-refractivity contribution < 1.29 is 9.59 Å². The summed E-state index contributed by atoms with van der Waals surface area (Å²) in [6, 6.07) is 11.6. The van der Waals surface area contributed by atoms with Crippen LogP contribution < -0.4 is 5.32 Å². The van der Waals surface area contributed by atoms with Crippen molar-refractivity contribution in [1.29, 1.82) is 0 Å². The van der Waals surface area contributed by atoms with Gasteiger partial charge >= 0.3 is 0 Å². The van der Waals surface area contributed by atoms with Crippen molar-refractivity contribution in [2.45, 2.75) is 33.4 Å². The van der Waals surface area contributed by atoms with Crippen LogP contribution in [0, 0.1) is 0 Å². The molecule has 0 aliphatic heterocycles. The molecule has 1 heterocycles. The first-order valence-electron chi connectivity index (χ1n) is 8.28. The van der Waals surface area contributed by atoms with Crippen LogP contribution in [-0.4, -0.2) is 40.4 Å². The number of hydrogen-bond acceptors (Lipinski definition) is 2. The van der Waals surface area contributed by atoms with Gasteiger partial charge in [0, 0.05) is 37.1 Å². The number of benzene rings is 1. The van der Waals surface area contributed by atoms with Crippen molar-refractivity contribution in [2.24, 2.45) is 0 Å². The van der Waals surface area contributed by atoms with Crippen LogP contribution in [0.4, 0.5) is 0 Å². The van der Waals surface area contributed by atoms with Gasteiger partial charge in [0.05, 0.1) is 6.54 Å². The van der Waals surface area contributed by atoms with Gasteiger partial charge in [0.25, 0.3) is 5.91 Å². The molecule has 1 N–H and O–H groups in total. The first-order valence-corrected chi connectivity index (χ1v) is 8.28. The molecule has 2 aromatic rings. The van der Waals surface area contributed by atoms with Gasteiger partial charge in [-0.25, -0.2) is 0 Å². The monoisotopic (exact) mass is 327 g/mol. The molecule has 2 amide bonds. The average molecular weight is 327 g/mol. The van der Waals surface area contributed by atoms with Crippen LogP contribution in [-0.2, 0) is 11.3 Å². The molecule has 1 aromatic heterocycles. The number of amides is 2. The Labute approximate surface area is 143 Å². The van der Waals surface area contributed by atoms with Crippen LogP contribution in [0.1, 0.15) is 36.7 Å². The number of hydrogen-bond donors (Lipinski definition) is 1. The molecule has 0 unspecified atom stereocenters. The first-order chi connectivity index (χ1) is 11.5. The molecule has 0 fully saturated rings. The SMILES string of the molecule is CCN(CC(=O)NC(C)C)C(=O)c1ccc(Cn2cccc2)cc1. The molecule has 5 nitrogen and oxygen atoms in total. The molecule has 0 radical (unpaired) electrons. The second-order valence-electron chi connectivity index (χ2n) is 6.09. The highest BCUT2D eigenvalue weighted by atomic mass is 16.2. The lowest BCUT2D eigenvalue weighted by atomic mass is 10.1. The summed E-state index contributed by atoms with van der Waals surface area (Å²) < 4.78 is 2.07. The summed E-state index contributed by atoms with van der Waals surface area (Å²) in [6.07, 6.45) is 4.01. The molecule has 0 bridgehead atoms. The average Bonchev–Trinajstić information content (AvgIpc) is 3.05. The fourth-order valence-electron chi connectivity index (χ4n) is 2.49. The number of carbonyl (C=O) groups excluding carboxylic acids is 2. The molecule has 5 heteroatoms. The first kappa shape index (κ1) is 17.8. The standard InChI is InChI=1S/C19H25N3O2/c1-4-22(14-18(23)20-15(2)3)19(24)17-9-7-16(8-10-17)13-21-11-5-6-12-21/h5-12,15H,4,13-14H2,1-3H3,(H,20,23). The maximum Gasteiger partial charge on any atom is 0.254 e. The zero-order valence-electron chi connectivity index (χ0n) is 14.5. The molecule has 0 spiro atoms. The van der Waals surface area contributed by atoms with E-state index in [2.05, 4.69) is 9.88 Å². The van der Waals surface area contributed by atoms with Gasteiger partial charge in [0.1, 0.15) is 0 Å². The van der Waals surface area contributed by atoms with E-state index in [0.29, 0.717) is 12.1 Å². The minimum atomic E-state index is -0.135. The zero-order valence-corrected chi connectivity index (χ0v) is 14.5. The molecule has 0 saturated carbocycles. The summed E-state index contributed by atoms with van der Waals surface area (Å²) in [5.74, 6) is -0.256. The van der Waals surface area contributed by atoms with Gasteiger partial charge in [-0.3, -0.25) is 9.59 Å². The Morgan fingerprint density at radius 1 is 1.12 bits per heavy atom. The lowest BCUT2D eigenvalue weighted by molar-refractivity contribution is -0.122. The Kier molecular flexibility index (Phi) is 6.18. The van der Waals surface area contributed by atoms with Crippen molar-refractivity contribution in [3.05, 3.63) is 59.9 Å². The Bertz CT molecular complexity index is 660. The Morgan fingerprint density at radius 3 is 2.29 bits per heavy atom. The van der Waals surface area contributed by atoms with Gasteiger partial charge in [-0.05, 0) is 50.6 Å². The van der Waals surface area contributed by atoms with E-state index < -0.39 is 0 Å². The van der Waals surface area contributed by atoms with Gasteiger partial charge in [-0.2, -0.15) is 0 Å². The second kappa shape index (κ2) is 8.34. The third-order valence-electron chi connectivity index (χ3n) is 3.69.